The zero-order valence-corrected chi connectivity index (χ0v) is 13.0. The fourth-order valence-corrected chi connectivity index (χ4v) is 4.02. The molecule has 0 bridgehead atoms. The Labute approximate surface area is 120 Å². The minimum Gasteiger partial charge on any atom is -0.310 e. The van der Waals surface area contributed by atoms with E-state index in [1.165, 1.54) is 6.92 Å². The van der Waals surface area contributed by atoms with Crippen molar-refractivity contribution in [3.63, 3.8) is 0 Å². The SMILES string of the molecule is CCCS(=O)(=O)[C@H](C)C(=O)N1C[C@H](C)c2ccccc21. The number of fused-ring (bicyclic) bond motifs is 1. The molecule has 0 aliphatic carbocycles. The summed E-state index contributed by atoms with van der Waals surface area (Å²) < 4.78 is 24.1. The van der Waals surface area contributed by atoms with E-state index in [9.17, 15) is 13.2 Å². The van der Waals surface area contributed by atoms with Crippen molar-refractivity contribution >= 4 is 21.4 Å². The molecule has 0 aromatic heterocycles. The number of rotatable bonds is 4. The highest BCUT2D eigenvalue weighted by molar-refractivity contribution is 7.92. The Hall–Kier alpha value is -1.36. The van der Waals surface area contributed by atoms with E-state index in [-0.39, 0.29) is 17.6 Å². The van der Waals surface area contributed by atoms with Gasteiger partial charge in [0.2, 0.25) is 5.91 Å². The lowest BCUT2D eigenvalue weighted by molar-refractivity contribution is -0.117. The van der Waals surface area contributed by atoms with Gasteiger partial charge in [-0.2, -0.15) is 0 Å². The van der Waals surface area contributed by atoms with E-state index in [2.05, 4.69) is 6.92 Å². The summed E-state index contributed by atoms with van der Waals surface area (Å²) in [5.74, 6) is -0.00298. The summed E-state index contributed by atoms with van der Waals surface area (Å²) in [6.45, 7) is 5.92. The number of amides is 1. The maximum absolute atomic E-state index is 12.5. The van der Waals surface area contributed by atoms with Gasteiger partial charge in [-0.05, 0) is 25.0 Å². The van der Waals surface area contributed by atoms with E-state index in [1.807, 2.05) is 31.2 Å². The molecular weight excluding hydrogens is 274 g/mol. The molecule has 1 aromatic rings. The Bertz CT molecular complexity index is 609. The molecule has 0 unspecified atom stereocenters. The first-order valence-electron chi connectivity index (χ1n) is 7.00. The van der Waals surface area contributed by atoms with Crippen LogP contribution in [0.4, 0.5) is 5.69 Å². The molecule has 1 aromatic carbocycles. The Kier molecular flexibility index (Phi) is 4.18. The fraction of sp³-hybridized carbons (Fsp3) is 0.533. The zero-order chi connectivity index (χ0) is 14.9. The Morgan fingerprint density at radius 1 is 1.40 bits per heavy atom. The number of carbonyl (C=O) groups is 1. The second kappa shape index (κ2) is 5.56. The minimum atomic E-state index is -3.36. The van der Waals surface area contributed by atoms with Crippen molar-refractivity contribution < 1.29 is 13.2 Å². The fourth-order valence-electron chi connectivity index (χ4n) is 2.66. The van der Waals surface area contributed by atoms with Gasteiger partial charge in [0.25, 0.3) is 0 Å². The van der Waals surface area contributed by atoms with Crippen molar-refractivity contribution in [2.24, 2.45) is 0 Å². The predicted octanol–water partition coefficient (Wildman–Crippen LogP) is 2.35. The molecule has 0 saturated carbocycles. The maximum Gasteiger partial charge on any atom is 0.245 e. The van der Waals surface area contributed by atoms with Gasteiger partial charge in [0, 0.05) is 18.2 Å². The highest BCUT2D eigenvalue weighted by Crippen LogP contribution is 2.36. The molecule has 20 heavy (non-hydrogen) atoms. The van der Waals surface area contributed by atoms with Crippen LogP contribution >= 0.6 is 0 Å². The smallest absolute Gasteiger partial charge is 0.245 e. The molecule has 110 valence electrons. The molecule has 2 atom stereocenters. The molecule has 0 fully saturated rings. The highest BCUT2D eigenvalue weighted by atomic mass is 32.2. The molecule has 2 rings (SSSR count). The third-order valence-corrected chi connectivity index (χ3v) is 6.11. The average Bonchev–Trinajstić information content (AvgIpc) is 2.75. The van der Waals surface area contributed by atoms with Gasteiger partial charge in [-0.3, -0.25) is 4.79 Å². The number of anilines is 1. The molecule has 0 saturated heterocycles. The maximum atomic E-state index is 12.5. The topological polar surface area (TPSA) is 54.5 Å². The van der Waals surface area contributed by atoms with Crippen molar-refractivity contribution in [2.45, 2.75) is 38.4 Å². The Balaban J connectivity index is 2.28. The third-order valence-electron chi connectivity index (χ3n) is 3.86. The first kappa shape index (κ1) is 15.0. The average molecular weight is 295 g/mol. The minimum absolute atomic E-state index is 0.0605. The summed E-state index contributed by atoms with van der Waals surface area (Å²) in [5.41, 5.74) is 1.96. The van der Waals surface area contributed by atoms with Crippen molar-refractivity contribution in [3.05, 3.63) is 29.8 Å². The summed E-state index contributed by atoms with van der Waals surface area (Å²) in [7, 11) is -3.36. The van der Waals surface area contributed by atoms with E-state index >= 15 is 0 Å². The van der Waals surface area contributed by atoms with Gasteiger partial charge in [0.05, 0.1) is 5.75 Å². The standard InChI is InChI=1S/C15H21NO3S/c1-4-9-20(18,19)12(3)15(17)16-10-11(2)13-7-5-6-8-14(13)16/h5-8,11-12H,4,9-10H2,1-3H3/t11-,12+/m0/s1. The van der Waals surface area contributed by atoms with Crippen molar-refractivity contribution in [2.75, 3.05) is 17.2 Å². The number of hydrogen-bond donors (Lipinski definition) is 0. The normalized spacial score (nSPS) is 19.8. The molecule has 1 aliphatic rings. The van der Waals surface area contributed by atoms with Crippen LogP contribution in [0.25, 0.3) is 0 Å². The monoisotopic (exact) mass is 295 g/mol. The summed E-state index contributed by atoms with van der Waals surface area (Å²) >= 11 is 0. The molecular formula is C15H21NO3S. The highest BCUT2D eigenvalue weighted by Gasteiger charge is 2.36. The number of nitrogens with zero attached hydrogens (tertiary/aromatic N) is 1. The lowest BCUT2D eigenvalue weighted by Crippen LogP contribution is -2.41. The van der Waals surface area contributed by atoms with Gasteiger partial charge in [0.15, 0.2) is 9.84 Å². The van der Waals surface area contributed by atoms with Gasteiger partial charge in [-0.25, -0.2) is 8.42 Å². The van der Waals surface area contributed by atoms with E-state index < -0.39 is 15.1 Å². The molecule has 1 amide bonds. The van der Waals surface area contributed by atoms with E-state index in [4.69, 9.17) is 0 Å². The van der Waals surface area contributed by atoms with Crippen molar-refractivity contribution in [1.29, 1.82) is 0 Å². The quantitative estimate of drug-likeness (QED) is 0.857. The summed E-state index contributed by atoms with van der Waals surface area (Å²) in [6, 6.07) is 7.71. The molecule has 1 aliphatic heterocycles. The number of sulfone groups is 1. The van der Waals surface area contributed by atoms with Crippen LogP contribution < -0.4 is 4.90 Å². The summed E-state index contributed by atoms with van der Waals surface area (Å²) in [5, 5.41) is -0.971. The van der Waals surface area contributed by atoms with Gasteiger partial charge >= 0.3 is 0 Å². The van der Waals surface area contributed by atoms with E-state index in [0.29, 0.717) is 13.0 Å². The molecule has 0 spiro atoms. The molecule has 5 heteroatoms. The van der Waals surface area contributed by atoms with E-state index in [1.54, 1.807) is 4.90 Å². The number of carbonyl (C=O) groups excluding carboxylic acids is 1. The number of benzene rings is 1. The van der Waals surface area contributed by atoms with Crippen LogP contribution in [0.1, 0.15) is 38.7 Å². The lowest BCUT2D eigenvalue weighted by Gasteiger charge is -2.22. The zero-order valence-electron chi connectivity index (χ0n) is 12.2. The van der Waals surface area contributed by atoms with Crippen molar-refractivity contribution in [3.8, 4) is 0 Å². The van der Waals surface area contributed by atoms with Crippen LogP contribution in [0.5, 0.6) is 0 Å². The van der Waals surface area contributed by atoms with Crippen LogP contribution in [0.3, 0.4) is 0 Å². The second-order valence-corrected chi connectivity index (χ2v) is 7.86. The number of hydrogen-bond acceptors (Lipinski definition) is 3. The van der Waals surface area contributed by atoms with Crippen LogP contribution in [-0.4, -0.2) is 31.9 Å². The number of para-hydroxylation sites is 1. The Morgan fingerprint density at radius 2 is 2.05 bits per heavy atom. The molecule has 4 nitrogen and oxygen atoms in total. The molecule has 0 N–H and O–H groups in total. The predicted molar refractivity (Wildman–Crippen MR) is 80.7 cm³/mol. The lowest BCUT2D eigenvalue weighted by atomic mass is 10.0. The van der Waals surface area contributed by atoms with Gasteiger partial charge in [-0.1, -0.05) is 32.0 Å². The molecule has 1 heterocycles. The second-order valence-electron chi connectivity index (χ2n) is 5.42. The summed E-state index contributed by atoms with van der Waals surface area (Å²) in [6.07, 6.45) is 0.535. The first-order valence-corrected chi connectivity index (χ1v) is 8.72. The van der Waals surface area contributed by atoms with Gasteiger partial charge in [-0.15, -0.1) is 0 Å². The van der Waals surface area contributed by atoms with Crippen LogP contribution in [0.15, 0.2) is 24.3 Å². The van der Waals surface area contributed by atoms with Crippen molar-refractivity contribution in [1.82, 2.24) is 0 Å². The van der Waals surface area contributed by atoms with Crippen LogP contribution in [0.2, 0.25) is 0 Å². The Morgan fingerprint density at radius 3 is 2.70 bits per heavy atom. The van der Waals surface area contributed by atoms with Crippen LogP contribution in [-0.2, 0) is 14.6 Å². The largest absolute Gasteiger partial charge is 0.310 e. The van der Waals surface area contributed by atoms with Crippen LogP contribution in [0, 0.1) is 0 Å². The first-order chi connectivity index (χ1) is 9.38. The third kappa shape index (κ3) is 2.59. The summed E-state index contributed by atoms with van der Waals surface area (Å²) in [4.78, 5) is 14.1. The van der Waals surface area contributed by atoms with Gasteiger partial charge in [0.1, 0.15) is 5.25 Å². The van der Waals surface area contributed by atoms with Gasteiger partial charge < -0.3 is 4.90 Å². The van der Waals surface area contributed by atoms with E-state index in [0.717, 1.165) is 11.3 Å². The molecule has 0 radical (unpaired) electrons.